The van der Waals surface area contributed by atoms with Crippen LogP contribution in [0.4, 0.5) is 5.69 Å². The number of carbonyl (C=O) groups excluding carboxylic acids is 1. The first-order valence-corrected chi connectivity index (χ1v) is 9.09. The van der Waals surface area contributed by atoms with Crippen molar-refractivity contribution in [2.45, 2.75) is 33.4 Å². The van der Waals surface area contributed by atoms with Gasteiger partial charge in [0.05, 0.1) is 21.6 Å². The fourth-order valence-electron chi connectivity index (χ4n) is 3.06. The highest BCUT2D eigenvalue weighted by atomic mass is 35.5. The lowest BCUT2D eigenvalue weighted by Gasteiger charge is -2.15. The third-order valence-electron chi connectivity index (χ3n) is 4.37. The van der Waals surface area contributed by atoms with Gasteiger partial charge in [-0.2, -0.15) is 0 Å². The average Bonchev–Trinajstić information content (AvgIpc) is 2.65. The summed E-state index contributed by atoms with van der Waals surface area (Å²) >= 11 is 6.16. The van der Waals surface area contributed by atoms with Crippen LogP contribution in [-0.2, 0) is 17.9 Å². The Kier molecular flexibility index (Phi) is 5.46. The fraction of sp³-hybridized carbons (Fsp3) is 0.250. The number of aromatic nitrogens is 2. The summed E-state index contributed by atoms with van der Waals surface area (Å²) in [7, 11) is 0. The molecule has 1 N–H and O–H groups in total. The topological polar surface area (TPSA) is 73.1 Å². The predicted octanol–water partition coefficient (Wildman–Crippen LogP) is 3.17. The van der Waals surface area contributed by atoms with Gasteiger partial charge in [-0.05, 0) is 37.1 Å². The van der Waals surface area contributed by atoms with Crippen LogP contribution < -0.4 is 16.6 Å². The third-order valence-corrected chi connectivity index (χ3v) is 4.68. The highest BCUT2D eigenvalue weighted by Crippen LogP contribution is 2.25. The highest BCUT2D eigenvalue weighted by molar-refractivity contribution is 6.33. The molecule has 0 radical (unpaired) electrons. The number of para-hydroxylation sites is 2. The van der Waals surface area contributed by atoms with E-state index in [-0.39, 0.29) is 18.0 Å². The summed E-state index contributed by atoms with van der Waals surface area (Å²) in [5.74, 6) is -0.389. The summed E-state index contributed by atoms with van der Waals surface area (Å²) in [6.45, 7) is 3.81. The molecule has 1 amide bonds. The number of anilines is 1. The fourth-order valence-corrected chi connectivity index (χ4v) is 3.33. The van der Waals surface area contributed by atoms with E-state index in [0.29, 0.717) is 34.6 Å². The molecule has 27 heavy (non-hydrogen) atoms. The van der Waals surface area contributed by atoms with Crippen LogP contribution in [0.3, 0.4) is 0 Å². The number of hydrogen-bond donors (Lipinski definition) is 1. The van der Waals surface area contributed by atoms with Gasteiger partial charge < -0.3 is 5.32 Å². The van der Waals surface area contributed by atoms with Gasteiger partial charge in [0.25, 0.3) is 5.56 Å². The van der Waals surface area contributed by atoms with E-state index >= 15 is 0 Å². The van der Waals surface area contributed by atoms with E-state index in [1.807, 2.05) is 19.9 Å². The lowest BCUT2D eigenvalue weighted by Crippen LogP contribution is -2.41. The molecular formula is C20H20ClN3O3. The predicted molar refractivity (Wildman–Crippen MR) is 108 cm³/mol. The summed E-state index contributed by atoms with van der Waals surface area (Å²) < 4.78 is 2.50. The number of fused-ring (bicyclic) bond motifs is 1. The molecule has 0 bridgehead atoms. The van der Waals surface area contributed by atoms with Gasteiger partial charge >= 0.3 is 5.69 Å². The molecule has 0 saturated carbocycles. The van der Waals surface area contributed by atoms with Gasteiger partial charge in [-0.25, -0.2) is 4.79 Å². The average molecular weight is 386 g/mol. The zero-order valence-electron chi connectivity index (χ0n) is 15.2. The maximum atomic E-state index is 12.8. The van der Waals surface area contributed by atoms with Crippen LogP contribution in [0, 0.1) is 6.92 Å². The number of hydrogen-bond acceptors (Lipinski definition) is 3. The van der Waals surface area contributed by atoms with Gasteiger partial charge in [0.2, 0.25) is 5.91 Å². The van der Waals surface area contributed by atoms with Gasteiger partial charge in [0.15, 0.2) is 0 Å². The molecule has 2 aromatic carbocycles. The minimum absolute atomic E-state index is 0.214. The van der Waals surface area contributed by atoms with Crippen molar-refractivity contribution in [1.29, 1.82) is 0 Å². The number of nitrogens with one attached hydrogen (secondary N) is 1. The molecule has 0 fully saturated rings. The van der Waals surface area contributed by atoms with Crippen LogP contribution in [0.1, 0.15) is 18.9 Å². The molecule has 1 heterocycles. The van der Waals surface area contributed by atoms with E-state index in [9.17, 15) is 14.4 Å². The van der Waals surface area contributed by atoms with Crippen LogP contribution >= 0.6 is 11.6 Å². The molecule has 3 aromatic rings. The van der Waals surface area contributed by atoms with Crippen molar-refractivity contribution >= 4 is 34.1 Å². The lowest BCUT2D eigenvalue weighted by molar-refractivity contribution is -0.116. The van der Waals surface area contributed by atoms with Crippen molar-refractivity contribution in [3.8, 4) is 0 Å². The Morgan fingerprint density at radius 3 is 2.52 bits per heavy atom. The van der Waals surface area contributed by atoms with Gasteiger partial charge in [-0.15, -0.1) is 0 Å². The standard InChI is InChI=1S/C20H20ClN3O3/c1-3-11-23-19(26)14-8-4-5-10-16(14)24(20(23)27)12-17(25)22-18-13(2)7-6-9-15(18)21/h4-10H,3,11-12H2,1-2H3,(H,22,25). The second-order valence-electron chi connectivity index (χ2n) is 6.32. The van der Waals surface area contributed by atoms with Gasteiger partial charge in [0, 0.05) is 6.54 Å². The summed E-state index contributed by atoms with van der Waals surface area (Å²) in [5, 5.41) is 3.60. The number of aryl methyl sites for hydroxylation is 1. The van der Waals surface area contributed by atoms with Crippen LogP contribution in [0.25, 0.3) is 10.9 Å². The quantitative estimate of drug-likeness (QED) is 0.733. The summed E-state index contributed by atoms with van der Waals surface area (Å²) in [5.41, 5.74) is 0.945. The van der Waals surface area contributed by atoms with Crippen LogP contribution in [-0.4, -0.2) is 15.0 Å². The Bertz CT molecular complexity index is 1110. The lowest BCUT2D eigenvalue weighted by atomic mass is 10.2. The van der Waals surface area contributed by atoms with Crippen molar-refractivity contribution in [2.75, 3.05) is 5.32 Å². The zero-order valence-corrected chi connectivity index (χ0v) is 15.9. The van der Waals surface area contributed by atoms with Crippen molar-refractivity contribution in [3.63, 3.8) is 0 Å². The van der Waals surface area contributed by atoms with Crippen LogP contribution in [0.2, 0.25) is 5.02 Å². The number of nitrogens with zero attached hydrogens (tertiary/aromatic N) is 2. The van der Waals surface area contributed by atoms with E-state index in [4.69, 9.17) is 11.6 Å². The Balaban J connectivity index is 2.05. The molecule has 0 aliphatic heterocycles. The molecule has 7 heteroatoms. The molecule has 0 atom stereocenters. The van der Waals surface area contributed by atoms with Gasteiger partial charge in [-0.3, -0.25) is 18.7 Å². The normalized spacial score (nSPS) is 10.9. The van der Waals surface area contributed by atoms with Crippen molar-refractivity contribution in [1.82, 2.24) is 9.13 Å². The number of benzene rings is 2. The van der Waals surface area contributed by atoms with Gasteiger partial charge in [-0.1, -0.05) is 42.8 Å². The molecule has 0 aliphatic carbocycles. The SMILES string of the molecule is CCCn1c(=O)c2ccccc2n(CC(=O)Nc2c(C)cccc2Cl)c1=O. The Hall–Kier alpha value is -2.86. The van der Waals surface area contributed by atoms with Crippen molar-refractivity contribution < 1.29 is 4.79 Å². The molecule has 0 saturated heterocycles. The smallest absolute Gasteiger partial charge is 0.323 e. The van der Waals surface area contributed by atoms with Crippen molar-refractivity contribution in [2.24, 2.45) is 0 Å². The van der Waals surface area contributed by atoms with E-state index in [0.717, 1.165) is 5.56 Å². The first kappa shape index (κ1) is 18.9. The Morgan fingerprint density at radius 2 is 1.81 bits per heavy atom. The first-order chi connectivity index (χ1) is 12.9. The van der Waals surface area contributed by atoms with Crippen LogP contribution in [0.5, 0.6) is 0 Å². The molecule has 3 rings (SSSR count). The molecule has 0 unspecified atom stereocenters. The number of halogens is 1. The largest absolute Gasteiger partial charge is 0.331 e. The van der Waals surface area contributed by atoms with Gasteiger partial charge in [0.1, 0.15) is 6.54 Å². The maximum Gasteiger partial charge on any atom is 0.331 e. The number of rotatable bonds is 5. The first-order valence-electron chi connectivity index (χ1n) is 8.71. The van der Waals surface area contributed by atoms with Crippen LogP contribution in [0.15, 0.2) is 52.1 Å². The molecule has 6 nitrogen and oxygen atoms in total. The second kappa shape index (κ2) is 7.80. The van der Waals surface area contributed by atoms with E-state index in [1.54, 1.807) is 36.4 Å². The third kappa shape index (κ3) is 3.66. The summed E-state index contributed by atoms with van der Waals surface area (Å²) in [6, 6.07) is 12.1. The Morgan fingerprint density at radius 1 is 1.07 bits per heavy atom. The zero-order chi connectivity index (χ0) is 19.6. The maximum absolute atomic E-state index is 12.8. The van der Waals surface area contributed by atoms with E-state index < -0.39 is 5.69 Å². The highest BCUT2D eigenvalue weighted by Gasteiger charge is 2.16. The Labute approximate surface area is 161 Å². The molecule has 140 valence electrons. The minimum atomic E-state index is -0.494. The summed E-state index contributed by atoms with van der Waals surface area (Å²) in [6.07, 6.45) is 0.637. The molecule has 0 spiro atoms. The monoisotopic (exact) mass is 385 g/mol. The molecular weight excluding hydrogens is 366 g/mol. The number of carbonyl (C=O) groups is 1. The summed E-state index contributed by atoms with van der Waals surface area (Å²) in [4.78, 5) is 38.0. The molecule has 0 aliphatic rings. The second-order valence-corrected chi connectivity index (χ2v) is 6.73. The van der Waals surface area contributed by atoms with Crippen molar-refractivity contribution in [3.05, 3.63) is 73.9 Å². The van der Waals surface area contributed by atoms with E-state index in [1.165, 1.54) is 9.13 Å². The molecule has 1 aromatic heterocycles. The minimum Gasteiger partial charge on any atom is -0.323 e. The van der Waals surface area contributed by atoms with E-state index in [2.05, 4.69) is 5.32 Å². The number of amides is 1.